The SMILES string of the molecule is O=C(O)c1ccc(NCc2cc(F)ccc2F)c(Br)c1. The highest BCUT2D eigenvalue weighted by Crippen LogP contribution is 2.24. The molecule has 0 aliphatic rings. The van der Waals surface area contributed by atoms with Gasteiger partial charge >= 0.3 is 5.97 Å². The van der Waals surface area contributed by atoms with Gasteiger partial charge in [-0.25, -0.2) is 13.6 Å². The van der Waals surface area contributed by atoms with Gasteiger partial charge in [-0.1, -0.05) is 0 Å². The average molecular weight is 342 g/mol. The topological polar surface area (TPSA) is 49.3 Å². The van der Waals surface area contributed by atoms with Crippen LogP contribution in [0.25, 0.3) is 0 Å². The van der Waals surface area contributed by atoms with Crippen LogP contribution >= 0.6 is 15.9 Å². The zero-order valence-electron chi connectivity index (χ0n) is 10.2. The molecule has 0 aliphatic heterocycles. The first-order valence-electron chi connectivity index (χ1n) is 5.68. The van der Waals surface area contributed by atoms with Crippen LogP contribution in [-0.2, 0) is 6.54 Å². The molecule has 2 N–H and O–H groups in total. The predicted octanol–water partition coefficient (Wildman–Crippen LogP) is 4.04. The third-order valence-electron chi connectivity index (χ3n) is 2.69. The molecule has 2 rings (SSSR count). The zero-order valence-corrected chi connectivity index (χ0v) is 11.7. The number of halogens is 3. The van der Waals surface area contributed by atoms with Gasteiger partial charge in [-0.3, -0.25) is 0 Å². The Morgan fingerprint density at radius 2 is 1.95 bits per heavy atom. The Bertz CT molecular complexity index is 662. The van der Waals surface area contributed by atoms with Crippen LogP contribution in [-0.4, -0.2) is 11.1 Å². The van der Waals surface area contributed by atoms with E-state index in [0.29, 0.717) is 10.2 Å². The van der Waals surface area contributed by atoms with Gasteiger partial charge in [0.15, 0.2) is 0 Å². The minimum Gasteiger partial charge on any atom is -0.478 e. The van der Waals surface area contributed by atoms with Gasteiger partial charge in [0.2, 0.25) is 0 Å². The number of carbonyl (C=O) groups is 1. The summed E-state index contributed by atoms with van der Waals surface area (Å²) in [4.78, 5) is 10.8. The summed E-state index contributed by atoms with van der Waals surface area (Å²) >= 11 is 3.23. The van der Waals surface area contributed by atoms with Gasteiger partial charge < -0.3 is 10.4 Å². The van der Waals surface area contributed by atoms with Crippen LogP contribution in [0.2, 0.25) is 0 Å². The number of benzene rings is 2. The van der Waals surface area contributed by atoms with Gasteiger partial charge in [-0.2, -0.15) is 0 Å². The lowest BCUT2D eigenvalue weighted by Gasteiger charge is -2.10. The van der Waals surface area contributed by atoms with Crippen LogP contribution in [0.1, 0.15) is 15.9 Å². The Kier molecular flexibility index (Phi) is 4.34. The van der Waals surface area contributed by atoms with Crippen molar-refractivity contribution in [3.63, 3.8) is 0 Å². The summed E-state index contributed by atoms with van der Waals surface area (Å²) in [6.45, 7) is 0.0919. The predicted molar refractivity (Wildman–Crippen MR) is 74.8 cm³/mol. The van der Waals surface area contributed by atoms with Crippen molar-refractivity contribution in [2.45, 2.75) is 6.54 Å². The first-order valence-corrected chi connectivity index (χ1v) is 6.47. The Labute approximate surface area is 122 Å². The monoisotopic (exact) mass is 341 g/mol. The van der Waals surface area contributed by atoms with E-state index in [0.717, 1.165) is 18.2 Å². The van der Waals surface area contributed by atoms with E-state index < -0.39 is 17.6 Å². The summed E-state index contributed by atoms with van der Waals surface area (Å²) in [5.41, 5.74) is 0.928. The molecule has 0 atom stereocenters. The van der Waals surface area contributed by atoms with Gasteiger partial charge in [-0.05, 0) is 52.3 Å². The maximum atomic E-state index is 13.4. The third kappa shape index (κ3) is 3.33. The summed E-state index contributed by atoms with van der Waals surface area (Å²) in [5.74, 6) is -2.05. The highest BCUT2D eigenvalue weighted by Gasteiger charge is 2.08. The van der Waals surface area contributed by atoms with Crippen molar-refractivity contribution in [1.29, 1.82) is 0 Å². The number of nitrogens with one attached hydrogen (secondary N) is 1. The van der Waals surface area contributed by atoms with Gasteiger partial charge in [-0.15, -0.1) is 0 Å². The van der Waals surface area contributed by atoms with Crippen LogP contribution in [0.4, 0.5) is 14.5 Å². The molecule has 2 aromatic rings. The maximum Gasteiger partial charge on any atom is 0.335 e. The van der Waals surface area contributed by atoms with Crippen molar-refractivity contribution < 1.29 is 18.7 Å². The highest BCUT2D eigenvalue weighted by molar-refractivity contribution is 9.10. The molecule has 0 bridgehead atoms. The van der Waals surface area contributed by atoms with E-state index in [-0.39, 0.29) is 17.7 Å². The number of carboxylic acid groups (broad SMARTS) is 1. The average Bonchev–Trinajstić information content (AvgIpc) is 2.40. The van der Waals surface area contributed by atoms with Gasteiger partial charge in [0.1, 0.15) is 11.6 Å². The van der Waals surface area contributed by atoms with Crippen LogP contribution < -0.4 is 5.32 Å². The summed E-state index contributed by atoms with van der Waals surface area (Å²) in [6.07, 6.45) is 0. The molecule has 3 nitrogen and oxygen atoms in total. The lowest BCUT2D eigenvalue weighted by atomic mass is 10.2. The molecule has 0 saturated heterocycles. The zero-order chi connectivity index (χ0) is 14.7. The molecule has 2 aromatic carbocycles. The maximum absolute atomic E-state index is 13.4. The molecule has 0 amide bonds. The van der Waals surface area contributed by atoms with Crippen molar-refractivity contribution >= 4 is 27.6 Å². The summed E-state index contributed by atoms with van der Waals surface area (Å²) in [6, 6.07) is 7.65. The van der Waals surface area contributed by atoms with Crippen molar-refractivity contribution in [3.8, 4) is 0 Å². The summed E-state index contributed by atoms with van der Waals surface area (Å²) in [7, 11) is 0. The fraction of sp³-hybridized carbons (Fsp3) is 0.0714. The molecule has 0 unspecified atom stereocenters. The Morgan fingerprint density at radius 1 is 1.20 bits per heavy atom. The number of hydrogen-bond acceptors (Lipinski definition) is 2. The first-order chi connectivity index (χ1) is 9.47. The normalized spacial score (nSPS) is 10.3. The van der Waals surface area contributed by atoms with E-state index in [2.05, 4.69) is 21.2 Å². The smallest absolute Gasteiger partial charge is 0.335 e. The molecule has 0 fully saturated rings. The van der Waals surface area contributed by atoms with Crippen LogP contribution in [0.15, 0.2) is 40.9 Å². The van der Waals surface area contributed by atoms with E-state index >= 15 is 0 Å². The number of rotatable bonds is 4. The van der Waals surface area contributed by atoms with Gasteiger partial charge in [0.05, 0.1) is 5.56 Å². The Balaban J connectivity index is 2.15. The van der Waals surface area contributed by atoms with Crippen LogP contribution in [0.5, 0.6) is 0 Å². The first kappa shape index (κ1) is 14.5. The highest BCUT2D eigenvalue weighted by atomic mass is 79.9. The molecular weight excluding hydrogens is 332 g/mol. The Hall–Kier alpha value is -1.95. The van der Waals surface area contributed by atoms with Crippen molar-refractivity contribution in [2.75, 3.05) is 5.32 Å². The van der Waals surface area contributed by atoms with E-state index in [1.807, 2.05) is 0 Å². The number of anilines is 1. The van der Waals surface area contributed by atoms with Crippen molar-refractivity contribution in [1.82, 2.24) is 0 Å². The van der Waals surface area contributed by atoms with Crippen molar-refractivity contribution in [2.24, 2.45) is 0 Å². The summed E-state index contributed by atoms with van der Waals surface area (Å²) in [5, 5.41) is 11.8. The van der Waals surface area contributed by atoms with Crippen LogP contribution in [0.3, 0.4) is 0 Å². The lowest BCUT2D eigenvalue weighted by molar-refractivity contribution is 0.0697. The minimum atomic E-state index is -1.03. The van der Waals surface area contributed by atoms with Crippen molar-refractivity contribution in [3.05, 3.63) is 63.6 Å². The van der Waals surface area contributed by atoms with Gasteiger partial charge in [0.25, 0.3) is 0 Å². The fourth-order valence-corrected chi connectivity index (χ4v) is 2.18. The third-order valence-corrected chi connectivity index (χ3v) is 3.35. The molecular formula is C14H10BrF2NO2. The molecule has 0 heterocycles. The number of carboxylic acids is 1. The minimum absolute atomic E-state index is 0.0919. The lowest BCUT2D eigenvalue weighted by Crippen LogP contribution is -2.04. The van der Waals surface area contributed by atoms with Crippen LogP contribution in [0, 0.1) is 11.6 Å². The fourth-order valence-electron chi connectivity index (χ4n) is 1.66. The molecule has 0 aromatic heterocycles. The molecule has 6 heteroatoms. The van der Waals surface area contributed by atoms with E-state index in [1.165, 1.54) is 12.1 Å². The molecule has 0 spiro atoms. The summed E-state index contributed by atoms with van der Waals surface area (Å²) < 4.78 is 27.0. The largest absolute Gasteiger partial charge is 0.478 e. The number of hydrogen-bond donors (Lipinski definition) is 2. The Morgan fingerprint density at radius 3 is 2.60 bits per heavy atom. The molecule has 104 valence electrons. The molecule has 0 saturated carbocycles. The second-order valence-corrected chi connectivity index (χ2v) is 4.94. The quantitative estimate of drug-likeness (QED) is 0.882. The molecule has 20 heavy (non-hydrogen) atoms. The second kappa shape index (κ2) is 6.00. The number of aromatic carboxylic acids is 1. The van der Waals surface area contributed by atoms with E-state index in [9.17, 15) is 13.6 Å². The standard InChI is InChI=1S/C14H10BrF2NO2/c15-11-6-8(14(19)20)1-4-13(11)18-7-9-5-10(16)2-3-12(9)17/h1-6,18H,7H2,(H,19,20). The molecule has 0 aliphatic carbocycles. The van der Waals surface area contributed by atoms with Gasteiger partial charge in [0, 0.05) is 22.3 Å². The van der Waals surface area contributed by atoms with E-state index in [4.69, 9.17) is 5.11 Å². The molecule has 0 radical (unpaired) electrons. The van der Waals surface area contributed by atoms with E-state index in [1.54, 1.807) is 6.07 Å². The second-order valence-electron chi connectivity index (χ2n) is 4.09.